The fourth-order valence-electron chi connectivity index (χ4n) is 2.78. The topological polar surface area (TPSA) is 106 Å². The van der Waals surface area contributed by atoms with Gasteiger partial charge >= 0.3 is 17.8 Å². The van der Waals surface area contributed by atoms with Crippen molar-refractivity contribution in [3.63, 3.8) is 0 Å². The third-order valence-corrected chi connectivity index (χ3v) is 4.73. The number of ether oxygens (including phenoxy) is 2. The van der Waals surface area contributed by atoms with E-state index in [4.69, 9.17) is 21.1 Å². The maximum absolute atomic E-state index is 12.2. The molecule has 0 heterocycles. The summed E-state index contributed by atoms with van der Waals surface area (Å²) in [7, 11) is 0. The molecule has 3 aromatic rings. The summed E-state index contributed by atoms with van der Waals surface area (Å²) in [4.78, 5) is 36.3. The van der Waals surface area contributed by atoms with Crippen LogP contribution in [0, 0.1) is 0 Å². The Bertz CT molecular complexity index is 1210. The van der Waals surface area contributed by atoms with Gasteiger partial charge in [-0.05, 0) is 86.1 Å². The Morgan fingerprint density at radius 1 is 0.882 bits per heavy atom. The molecular formula is C25H22ClN3O5. The molecule has 34 heavy (non-hydrogen) atoms. The summed E-state index contributed by atoms with van der Waals surface area (Å²) in [6, 6.07) is 19.6. The van der Waals surface area contributed by atoms with Crippen LogP contribution >= 0.6 is 11.6 Å². The van der Waals surface area contributed by atoms with Crippen molar-refractivity contribution < 1.29 is 23.9 Å². The summed E-state index contributed by atoms with van der Waals surface area (Å²) in [6.07, 6.45) is 0. The number of esters is 1. The predicted octanol–water partition coefficient (Wildman–Crippen LogP) is 4.44. The average Bonchev–Trinajstić information content (AvgIpc) is 2.84. The molecule has 0 aliphatic carbocycles. The number of carbonyl (C=O) groups is 3. The summed E-state index contributed by atoms with van der Waals surface area (Å²) in [6.45, 7) is 4.06. The average molecular weight is 480 g/mol. The molecule has 0 spiro atoms. The fraction of sp³-hybridized carbons (Fsp3) is 0.120. The van der Waals surface area contributed by atoms with Gasteiger partial charge in [-0.3, -0.25) is 9.59 Å². The van der Waals surface area contributed by atoms with Crippen molar-refractivity contribution in [1.29, 1.82) is 0 Å². The van der Waals surface area contributed by atoms with Crippen molar-refractivity contribution in [2.24, 2.45) is 5.10 Å². The van der Waals surface area contributed by atoms with Crippen LogP contribution in [-0.4, -0.2) is 30.1 Å². The standard InChI is InChI=1S/C25H22ClN3O5/c1-3-33-21-13-9-20(10-14-21)27-23(30)24(31)29-28-16(2)17-7-11-22(12-8-17)34-25(32)18-5-4-6-19(26)15-18/h4-15H,3H2,1-2H3,(H,27,30)(H,29,31)/b28-16+. The molecule has 0 aliphatic rings. The number of hydrogen-bond donors (Lipinski definition) is 2. The van der Waals surface area contributed by atoms with Crippen LogP contribution in [0.4, 0.5) is 5.69 Å². The zero-order valence-corrected chi connectivity index (χ0v) is 19.3. The predicted molar refractivity (Wildman–Crippen MR) is 129 cm³/mol. The number of carbonyl (C=O) groups excluding carboxylic acids is 3. The lowest BCUT2D eigenvalue weighted by Crippen LogP contribution is -2.32. The van der Waals surface area contributed by atoms with Gasteiger partial charge in [0.05, 0.1) is 17.9 Å². The van der Waals surface area contributed by atoms with Crippen LogP contribution in [0.3, 0.4) is 0 Å². The van der Waals surface area contributed by atoms with Crippen molar-refractivity contribution in [2.45, 2.75) is 13.8 Å². The highest BCUT2D eigenvalue weighted by atomic mass is 35.5. The van der Waals surface area contributed by atoms with Gasteiger partial charge in [0.2, 0.25) is 0 Å². The van der Waals surface area contributed by atoms with Crippen molar-refractivity contribution in [2.75, 3.05) is 11.9 Å². The van der Waals surface area contributed by atoms with Crippen LogP contribution in [0.2, 0.25) is 5.02 Å². The summed E-state index contributed by atoms with van der Waals surface area (Å²) in [5.74, 6) is -1.31. The second-order valence-corrected chi connectivity index (χ2v) is 7.41. The molecule has 0 atom stereocenters. The SMILES string of the molecule is CCOc1ccc(NC(=O)C(=O)N/N=C(\C)c2ccc(OC(=O)c3cccc(Cl)c3)cc2)cc1. The van der Waals surface area contributed by atoms with E-state index in [2.05, 4.69) is 15.8 Å². The Morgan fingerprint density at radius 2 is 1.56 bits per heavy atom. The van der Waals surface area contributed by atoms with Crippen molar-refractivity contribution >= 4 is 40.8 Å². The monoisotopic (exact) mass is 479 g/mol. The minimum Gasteiger partial charge on any atom is -0.494 e. The zero-order valence-electron chi connectivity index (χ0n) is 18.5. The number of anilines is 1. The first-order valence-corrected chi connectivity index (χ1v) is 10.7. The minimum atomic E-state index is -0.916. The maximum atomic E-state index is 12.2. The quantitative estimate of drug-likeness (QED) is 0.171. The largest absolute Gasteiger partial charge is 0.494 e. The smallest absolute Gasteiger partial charge is 0.343 e. The van der Waals surface area contributed by atoms with Crippen molar-refractivity contribution in [1.82, 2.24) is 5.43 Å². The van der Waals surface area contributed by atoms with E-state index in [-0.39, 0.29) is 0 Å². The number of halogens is 1. The van der Waals surface area contributed by atoms with Gasteiger partial charge in [0.1, 0.15) is 11.5 Å². The van der Waals surface area contributed by atoms with Gasteiger partial charge in [-0.2, -0.15) is 5.10 Å². The fourth-order valence-corrected chi connectivity index (χ4v) is 2.97. The first kappa shape index (κ1) is 24.5. The van der Waals surface area contributed by atoms with Crippen LogP contribution in [0.1, 0.15) is 29.8 Å². The first-order valence-electron chi connectivity index (χ1n) is 10.3. The highest BCUT2D eigenvalue weighted by Crippen LogP contribution is 2.17. The number of rotatable bonds is 7. The third kappa shape index (κ3) is 6.91. The number of hydrogen-bond acceptors (Lipinski definition) is 6. The van der Waals surface area contributed by atoms with E-state index in [1.165, 1.54) is 6.07 Å². The molecule has 0 radical (unpaired) electrons. The number of amides is 2. The Balaban J connectivity index is 1.54. The second-order valence-electron chi connectivity index (χ2n) is 6.97. The summed E-state index contributed by atoms with van der Waals surface area (Å²) >= 11 is 5.90. The molecular weight excluding hydrogens is 458 g/mol. The van der Waals surface area contributed by atoms with Gasteiger partial charge in [-0.1, -0.05) is 17.7 Å². The van der Waals surface area contributed by atoms with E-state index in [1.54, 1.807) is 73.7 Å². The summed E-state index contributed by atoms with van der Waals surface area (Å²) in [5, 5.41) is 6.88. The molecule has 2 N–H and O–H groups in total. The molecule has 0 aromatic heterocycles. The Morgan fingerprint density at radius 3 is 2.21 bits per heavy atom. The second kappa shape index (κ2) is 11.6. The molecule has 3 rings (SSSR count). The molecule has 0 aliphatic heterocycles. The molecule has 0 saturated carbocycles. The molecule has 0 fully saturated rings. The van der Waals surface area contributed by atoms with Gasteiger partial charge in [0, 0.05) is 10.7 Å². The van der Waals surface area contributed by atoms with Gasteiger partial charge in [-0.25, -0.2) is 10.2 Å². The first-order chi connectivity index (χ1) is 16.4. The minimum absolute atomic E-state index is 0.334. The lowest BCUT2D eigenvalue weighted by Gasteiger charge is -2.07. The lowest BCUT2D eigenvalue weighted by molar-refractivity contribution is -0.136. The van der Waals surface area contributed by atoms with Crippen LogP contribution in [-0.2, 0) is 9.59 Å². The van der Waals surface area contributed by atoms with E-state index in [0.717, 1.165) is 0 Å². The number of benzene rings is 3. The van der Waals surface area contributed by atoms with Gasteiger partial charge < -0.3 is 14.8 Å². The van der Waals surface area contributed by atoms with Crippen molar-refractivity contribution in [3.8, 4) is 11.5 Å². The molecule has 3 aromatic carbocycles. The van der Waals surface area contributed by atoms with Crippen LogP contribution < -0.4 is 20.2 Å². The molecule has 0 unspecified atom stereocenters. The number of hydrazone groups is 1. The van der Waals surface area contributed by atoms with E-state index in [9.17, 15) is 14.4 Å². The Labute approximate surface area is 201 Å². The third-order valence-electron chi connectivity index (χ3n) is 4.50. The normalized spacial score (nSPS) is 10.9. The molecule has 174 valence electrons. The molecule has 0 bridgehead atoms. The summed E-state index contributed by atoms with van der Waals surface area (Å²) < 4.78 is 10.7. The van der Waals surface area contributed by atoms with E-state index in [1.807, 2.05) is 6.92 Å². The van der Waals surface area contributed by atoms with Crippen LogP contribution in [0.5, 0.6) is 11.5 Å². The van der Waals surface area contributed by atoms with E-state index < -0.39 is 17.8 Å². The molecule has 2 amide bonds. The van der Waals surface area contributed by atoms with Crippen LogP contribution in [0.15, 0.2) is 77.9 Å². The zero-order chi connectivity index (χ0) is 24.5. The maximum Gasteiger partial charge on any atom is 0.343 e. The molecule has 8 nitrogen and oxygen atoms in total. The van der Waals surface area contributed by atoms with Gasteiger partial charge in [0.25, 0.3) is 0 Å². The lowest BCUT2D eigenvalue weighted by atomic mass is 10.1. The Hall–Kier alpha value is -4.17. The number of nitrogens with zero attached hydrogens (tertiary/aromatic N) is 1. The number of nitrogens with one attached hydrogen (secondary N) is 2. The van der Waals surface area contributed by atoms with Crippen molar-refractivity contribution in [3.05, 3.63) is 88.9 Å². The van der Waals surface area contributed by atoms with Gasteiger partial charge in [0.15, 0.2) is 0 Å². The van der Waals surface area contributed by atoms with Crippen LogP contribution in [0.25, 0.3) is 0 Å². The van der Waals surface area contributed by atoms with E-state index >= 15 is 0 Å². The van der Waals surface area contributed by atoms with Gasteiger partial charge in [-0.15, -0.1) is 0 Å². The molecule has 0 saturated heterocycles. The Kier molecular flexibility index (Phi) is 8.37. The molecule has 9 heteroatoms. The summed E-state index contributed by atoms with van der Waals surface area (Å²) in [5.41, 5.74) is 4.12. The van der Waals surface area contributed by atoms with E-state index in [0.29, 0.717) is 45.7 Å². The highest BCUT2D eigenvalue weighted by molar-refractivity contribution is 6.39. The highest BCUT2D eigenvalue weighted by Gasteiger charge is 2.14.